The molecule has 7 nitrogen and oxygen atoms in total. The standard InChI is InChI=1S/C36H50F2N4O3.2ClH/c1-36(2,3)26-7-4-24(5-8-26)30-20-25(6-9-32(30)45-29-10-13-40-23-29)35(43)42-16-11-28(12-17-42)44-33-22-27(21-31(37)34(33)38)41-18-14-39-15-19-41;;/h6,9,20-22,24,26,28-29,39-40H,4-5,7-8,10-19,23H2,1-3H3;2*1H/t24?,26?,29-;;/m0../s1. The summed E-state index contributed by atoms with van der Waals surface area (Å²) >= 11 is 0. The van der Waals surface area contributed by atoms with Crippen LogP contribution >= 0.6 is 24.8 Å². The topological polar surface area (TPSA) is 66.1 Å². The SMILES string of the molecule is CC(C)(C)C1CCC(c2cc(C(=O)N3CCC(Oc4cc(N5CCNCC5)cc(F)c4F)CC3)ccc2O[C@H]2CCNC2)CC1.Cl.Cl. The number of ether oxygens (including phenoxy) is 2. The van der Waals surface area contributed by atoms with E-state index in [9.17, 15) is 13.6 Å². The summed E-state index contributed by atoms with van der Waals surface area (Å²) < 4.78 is 41.8. The van der Waals surface area contributed by atoms with Crippen molar-refractivity contribution in [3.63, 3.8) is 0 Å². The summed E-state index contributed by atoms with van der Waals surface area (Å²) in [5.74, 6) is 0.119. The first-order valence-electron chi connectivity index (χ1n) is 17.1. The monoisotopic (exact) mass is 696 g/mol. The number of amides is 1. The second-order valence-electron chi connectivity index (χ2n) is 14.5. The lowest BCUT2D eigenvalue weighted by Gasteiger charge is -2.37. The van der Waals surface area contributed by atoms with Crippen LogP contribution in [0.3, 0.4) is 0 Å². The van der Waals surface area contributed by atoms with Crippen LogP contribution in [0.1, 0.15) is 87.6 Å². The highest BCUT2D eigenvalue weighted by Crippen LogP contribution is 2.45. The van der Waals surface area contributed by atoms with Crippen molar-refractivity contribution < 1.29 is 23.0 Å². The highest BCUT2D eigenvalue weighted by atomic mass is 35.5. The zero-order valence-electron chi connectivity index (χ0n) is 28.0. The molecular weight excluding hydrogens is 645 g/mol. The van der Waals surface area contributed by atoms with E-state index in [1.807, 2.05) is 21.9 Å². The molecule has 47 heavy (non-hydrogen) atoms. The minimum Gasteiger partial charge on any atom is -0.489 e. The predicted molar refractivity (Wildman–Crippen MR) is 188 cm³/mol. The fraction of sp³-hybridized carbons (Fsp3) is 0.639. The van der Waals surface area contributed by atoms with Gasteiger partial charge >= 0.3 is 0 Å². The maximum absolute atomic E-state index is 14.8. The largest absolute Gasteiger partial charge is 0.489 e. The fourth-order valence-corrected chi connectivity index (χ4v) is 7.57. The van der Waals surface area contributed by atoms with Gasteiger partial charge in [-0.25, -0.2) is 4.39 Å². The number of anilines is 1. The average molecular weight is 698 g/mol. The first-order valence-corrected chi connectivity index (χ1v) is 17.1. The molecule has 0 bridgehead atoms. The molecule has 4 aliphatic rings. The van der Waals surface area contributed by atoms with Crippen molar-refractivity contribution in [3.05, 3.63) is 53.1 Å². The van der Waals surface area contributed by atoms with Crippen molar-refractivity contribution in [1.82, 2.24) is 15.5 Å². The van der Waals surface area contributed by atoms with Gasteiger partial charge in [-0.2, -0.15) is 4.39 Å². The van der Waals surface area contributed by atoms with Crippen molar-refractivity contribution in [2.75, 3.05) is 57.3 Å². The summed E-state index contributed by atoms with van der Waals surface area (Å²) in [6, 6.07) is 8.87. The molecule has 4 fully saturated rings. The number of benzene rings is 2. The van der Waals surface area contributed by atoms with Gasteiger partial charge in [0.2, 0.25) is 5.82 Å². The van der Waals surface area contributed by atoms with E-state index >= 15 is 0 Å². The van der Waals surface area contributed by atoms with Gasteiger partial charge in [0, 0.05) is 82.0 Å². The maximum atomic E-state index is 14.8. The lowest BCUT2D eigenvalue weighted by Crippen LogP contribution is -2.43. The third kappa shape index (κ3) is 9.02. The fourth-order valence-electron chi connectivity index (χ4n) is 7.57. The molecule has 11 heteroatoms. The molecule has 0 spiro atoms. The molecule has 0 radical (unpaired) electrons. The van der Waals surface area contributed by atoms with Gasteiger partial charge in [-0.3, -0.25) is 4.79 Å². The number of nitrogens with one attached hydrogen (secondary N) is 2. The number of piperidine rings is 1. The zero-order chi connectivity index (χ0) is 31.6. The predicted octanol–water partition coefficient (Wildman–Crippen LogP) is 6.96. The smallest absolute Gasteiger partial charge is 0.253 e. The van der Waals surface area contributed by atoms with Crippen LogP contribution in [0.25, 0.3) is 0 Å². The molecule has 0 unspecified atom stereocenters. The van der Waals surface area contributed by atoms with Crippen LogP contribution in [0.15, 0.2) is 30.3 Å². The number of nitrogens with zero attached hydrogens (tertiary/aromatic N) is 2. The Hall–Kier alpha value is -2.33. The van der Waals surface area contributed by atoms with E-state index in [1.54, 1.807) is 6.07 Å². The minimum absolute atomic E-state index is 0. The van der Waals surface area contributed by atoms with E-state index in [0.717, 1.165) is 64.3 Å². The van der Waals surface area contributed by atoms with Gasteiger partial charge in [-0.1, -0.05) is 20.8 Å². The minimum atomic E-state index is -0.952. The number of hydrogen-bond acceptors (Lipinski definition) is 6. The molecule has 2 aromatic rings. The van der Waals surface area contributed by atoms with Crippen LogP contribution in [0.5, 0.6) is 11.5 Å². The molecule has 0 aromatic heterocycles. The molecule has 2 aromatic carbocycles. The maximum Gasteiger partial charge on any atom is 0.253 e. The van der Waals surface area contributed by atoms with Gasteiger partial charge in [0.25, 0.3) is 5.91 Å². The number of hydrogen-bond donors (Lipinski definition) is 2. The van der Waals surface area contributed by atoms with Crippen LogP contribution in [-0.4, -0.2) is 75.4 Å². The highest BCUT2D eigenvalue weighted by molar-refractivity contribution is 5.94. The van der Waals surface area contributed by atoms with Gasteiger partial charge in [0.1, 0.15) is 18.0 Å². The molecule has 3 heterocycles. The normalized spacial score (nSPS) is 23.9. The van der Waals surface area contributed by atoms with Crippen molar-refractivity contribution in [2.45, 2.75) is 83.8 Å². The summed E-state index contributed by atoms with van der Waals surface area (Å²) in [4.78, 5) is 17.7. The van der Waals surface area contributed by atoms with Crippen LogP contribution < -0.4 is 25.0 Å². The molecule has 1 atom stereocenters. The van der Waals surface area contributed by atoms with Crippen molar-refractivity contribution in [2.24, 2.45) is 11.3 Å². The first kappa shape index (κ1) is 37.5. The van der Waals surface area contributed by atoms with Gasteiger partial charge in [-0.15, -0.1) is 24.8 Å². The Morgan fingerprint density at radius 2 is 1.47 bits per heavy atom. The summed E-state index contributed by atoms with van der Waals surface area (Å²) in [5.41, 5.74) is 2.80. The molecule has 262 valence electrons. The molecule has 1 aliphatic carbocycles. The van der Waals surface area contributed by atoms with Gasteiger partial charge in [-0.05, 0) is 79.7 Å². The summed E-state index contributed by atoms with van der Waals surface area (Å²) in [6.07, 6.45) is 6.57. The van der Waals surface area contributed by atoms with Gasteiger partial charge in [0.05, 0.1) is 0 Å². The molecule has 3 saturated heterocycles. The number of halogens is 4. The van der Waals surface area contributed by atoms with E-state index in [0.29, 0.717) is 54.4 Å². The average Bonchev–Trinajstić information content (AvgIpc) is 3.56. The molecular formula is C36H52Cl2F2N4O3. The van der Waals surface area contributed by atoms with Crippen molar-refractivity contribution >= 4 is 36.4 Å². The summed E-state index contributed by atoms with van der Waals surface area (Å²) in [5, 5.41) is 6.67. The zero-order valence-corrected chi connectivity index (χ0v) is 29.6. The van der Waals surface area contributed by atoms with E-state index in [1.165, 1.54) is 24.5 Å². The number of carbonyl (C=O) groups excluding carboxylic acids is 1. The van der Waals surface area contributed by atoms with Gasteiger partial charge in [0.15, 0.2) is 11.6 Å². The molecule has 6 rings (SSSR count). The van der Waals surface area contributed by atoms with E-state index in [-0.39, 0.29) is 48.7 Å². The quantitative estimate of drug-likeness (QED) is 0.326. The van der Waals surface area contributed by atoms with E-state index < -0.39 is 11.6 Å². The Kier molecular flexibility index (Phi) is 13.1. The Bertz CT molecular complexity index is 1330. The van der Waals surface area contributed by atoms with Gasteiger partial charge < -0.3 is 29.9 Å². The van der Waals surface area contributed by atoms with Crippen molar-refractivity contribution in [1.29, 1.82) is 0 Å². The summed E-state index contributed by atoms with van der Waals surface area (Å²) in [6.45, 7) is 12.9. The third-order valence-electron chi connectivity index (χ3n) is 10.4. The molecule has 2 N–H and O–H groups in total. The number of carbonyl (C=O) groups is 1. The Balaban J connectivity index is 0.00000250. The van der Waals surface area contributed by atoms with Crippen LogP contribution in [-0.2, 0) is 0 Å². The van der Waals surface area contributed by atoms with Crippen LogP contribution in [0.4, 0.5) is 14.5 Å². The Morgan fingerprint density at radius 3 is 2.11 bits per heavy atom. The molecule has 3 aliphatic heterocycles. The lowest BCUT2D eigenvalue weighted by atomic mass is 9.68. The van der Waals surface area contributed by atoms with E-state index in [4.69, 9.17) is 9.47 Å². The lowest BCUT2D eigenvalue weighted by molar-refractivity contribution is 0.0587. The number of likely N-dealkylation sites (tertiary alicyclic amines) is 1. The first-order chi connectivity index (χ1) is 21.7. The van der Waals surface area contributed by atoms with E-state index in [2.05, 4.69) is 37.5 Å². The third-order valence-corrected chi connectivity index (χ3v) is 10.4. The molecule has 1 amide bonds. The number of piperazine rings is 1. The highest BCUT2D eigenvalue weighted by Gasteiger charge is 2.33. The second kappa shape index (κ2) is 16.4. The van der Waals surface area contributed by atoms with Crippen LogP contribution in [0.2, 0.25) is 0 Å². The second-order valence-corrected chi connectivity index (χ2v) is 14.5. The number of rotatable bonds is 7. The van der Waals surface area contributed by atoms with Crippen LogP contribution in [0, 0.1) is 23.0 Å². The molecule has 1 saturated carbocycles. The Labute approximate surface area is 291 Å². The van der Waals surface area contributed by atoms with Crippen molar-refractivity contribution in [3.8, 4) is 11.5 Å². The Morgan fingerprint density at radius 1 is 0.787 bits per heavy atom. The summed E-state index contributed by atoms with van der Waals surface area (Å²) in [7, 11) is 0.